The van der Waals surface area contributed by atoms with E-state index in [1.807, 2.05) is 6.08 Å². The maximum atomic E-state index is 4.33. The fourth-order valence-electron chi connectivity index (χ4n) is 2.05. The number of thioether (sulfide) groups is 1. The molecule has 2 rings (SSSR count). The lowest BCUT2D eigenvalue weighted by molar-refractivity contribution is 0.641. The van der Waals surface area contributed by atoms with Crippen LogP contribution in [-0.2, 0) is 12.3 Å². The third-order valence-corrected chi connectivity index (χ3v) is 4.21. The van der Waals surface area contributed by atoms with E-state index >= 15 is 0 Å². The second-order valence-electron chi connectivity index (χ2n) is 5.11. The molecule has 0 amide bonds. The van der Waals surface area contributed by atoms with Crippen LogP contribution in [-0.4, -0.2) is 14.8 Å². The van der Waals surface area contributed by atoms with E-state index in [4.69, 9.17) is 0 Å². The lowest BCUT2D eigenvalue weighted by Crippen LogP contribution is -2.05. The van der Waals surface area contributed by atoms with Crippen LogP contribution in [0.2, 0.25) is 0 Å². The minimum Gasteiger partial charge on any atom is -0.302 e. The van der Waals surface area contributed by atoms with Crippen LogP contribution in [0, 0.1) is 6.92 Å². The molecule has 0 aliphatic carbocycles. The van der Waals surface area contributed by atoms with Gasteiger partial charge in [-0.1, -0.05) is 56.0 Å². The molecule has 2 aromatic rings. The highest BCUT2D eigenvalue weighted by Crippen LogP contribution is 2.25. The topological polar surface area (TPSA) is 30.7 Å². The molecule has 1 aromatic carbocycles. The Morgan fingerprint density at radius 2 is 2.05 bits per heavy atom. The zero-order valence-electron chi connectivity index (χ0n) is 12.3. The third kappa shape index (κ3) is 3.31. The van der Waals surface area contributed by atoms with Gasteiger partial charge in [-0.3, -0.25) is 0 Å². The summed E-state index contributed by atoms with van der Waals surface area (Å²) in [7, 11) is 0. The highest BCUT2D eigenvalue weighted by Gasteiger charge is 2.14. The number of hydrogen-bond donors (Lipinski definition) is 0. The summed E-state index contributed by atoms with van der Waals surface area (Å²) in [6, 6.07) is 8.46. The first kappa shape index (κ1) is 14.9. The predicted molar refractivity (Wildman–Crippen MR) is 85.0 cm³/mol. The standard InChI is InChI=1S/C16H21N3S/c1-5-10-19-15(12(2)3)17-18-16(19)20-11-14-9-7-6-8-13(14)4/h5-9,12H,1,10-11H2,2-4H3. The Balaban J connectivity index is 2.17. The number of rotatable bonds is 6. The van der Waals surface area contributed by atoms with Crippen LogP contribution in [0.15, 0.2) is 42.1 Å². The van der Waals surface area contributed by atoms with Gasteiger partial charge >= 0.3 is 0 Å². The summed E-state index contributed by atoms with van der Waals surface area (Å²) < 4.78 is 2.15. The Morgan fingerprint density at radius 3 is 2.70 bits per heavy atom. The van der Waals surface area contributed by atoms with Gasteiger partial charge in [0.1, 0.15) is 5.82 Å². The van der Waals surface area contributed by atoms with Crippen LogP contribution < -0.4 is 0 Å². The van der Waals surface area contributed by atoms with Gasteiger partial charge in [-0.05, 0) is 18.1 Å². The predicted octanol–water partition coefficient (Wildman–Crippen LogP) is 4.19. The van der Waals surface area contributed by atoms with Crippen molar-refractivity contribution in [3.8, 4) is 0 Å². The minimum absolute atomic E-state index is 0.371. The van der Waals surface area contributed by atoms with Gasteiger partial charge < -0.3 is 4.57 Å². The van der Waals surface area contributed by atoms with Crippen molar-refractivity contribution in [3.05, 3.63) is 53.9 Å². The van der Waals surface area contributed by atoms with Crippen LogP contribution in [0.4, 0.5) is 0 Å². The first-order valence-electron chi connectivity index (χ1n) is 6.84. The Kier molecular flexibility index (Phi) is 5.01. The summed E-state index contributed by atoms with van der Waals surface area (Å²) in [5.74, 6) is 2.31. The monoisotopic (exact) mass is 287 g/mol. The molecule has 0 unspecified atom stereocenters. The molecule has 0 saturated heterocycles. The van der Waals surface area contributed by atoms with Gasteiger partial charge in [-0.15, -0.1) is 16.8 Å². The van der Waals surface area contributed by atoms with Gasteiger partial charge in [0.25, 0.3) is 0 Å². The van der Waals surface area contributed by atoms with Gasteiger partial charge in [0, 0.05) is 18.2 Å². The van der Waals surface area contributed by atoms with Crippen LogP contribution in [0.1, 0.15) is 36.7 Å². The summed E-state index contributed by atoms with van der Waals surface area (Å²) in [5, 5.41) is 9.61. The lowest BCUT2D eigenvalue weighted by atomic mass is 10.1. The fraction of sp³-hybridized carbons (Fsp3) is 0.375. The second kappa shape index (κ2) is 6.75. The molecule has 0 bridgehead atoms. The SMILES string of the molecule is C=CCn1c(SCc2ccccc2C)nnc1C(C)C. The number of nitrogens with zero attached hydrogens (tertiary/aromatic N) is 3. The third-order valence-electron chi connectivity index (χ3n) is 3.19. The van der Waals surface area contributed by atoms with Crippen LogP contribution in [0.25, 0.3) is 0 Å². The molecule has 1 heterocycles. The Bertz CT molecular complexity index is 587. The summed E-state index contributed by atoms with van der Waals surface area (Å²) in [5.41, 5.74) is 2.66. The summed E-state index contributed by atoms with van der Waals surface area (Å²) in [4.78, 5) is 0. The molecular weight excluding hydrogens is 266 g/mol. The molecule has 0 saturated carbocycles. The van der Waals surface area contributed by atoms with E-state index < -0.39 is 0 Å². The van der Waals surface area contributed by atoms with E-state index in [9.17, 15) is 0 Å². The first-order chi connectivity index (χ1) is 9.63. The normalized spacial score (nSPS) is 11.0. The van der Waals surface area contributed by atoms with Gasteiger partial charge in [-0.2, -0.15) is 0 Å². The number of benzene rings is 1. The Morgan fingerprint density at radius 1 is 1.30 bits per heavy atom. The van der Waals surface area contributed by atoms with Crippen LogP contribution in [0.5, 0.6) is 0 Å². The second-order valence-corrected chi connectivity index (χ2v) is 6.05. The van der Waals surface area contributed by atoms with E-state index in [1.165, 1.54) is 11.1 Å². The van der Waals surface area contributed by atoms with Crippen molar-refractivity contribution in [2.24, 2.45) is 0 Å². The van der Waals surface area contributed by atoms with E-state index in [-0.39, 0.29) is 0 Å². The molecule has 106 valence electrons. The minimum atomic E-state index is 0.371. The van der Waals surface area contributed by atoms with Crippen molar-refractivity contribution < 1.29 is 0 Å². The average Bonchev–Trinajstić information content (AvgIpc) is 2.82. The van der Waals surface area contributed by atoms with Crippen molar-refractivity contribution in [1.29, 1.82) is 0 Å². The van der Waals surface area contributed by atoms with Gasteiger partial charge in [-0.25, -0.2) is 0 Å². The zero-order chi connectivity index (χ0) is 14.5. The number of allylic oxidation sites excluding steroid dienone is 1. The molecule has 0 fully saturated rings. The average molecular weight is 287 g/mol. The Hall–Kier alpha value is -1.55. The number of aryl methyl sites for hydroxylation is 1. The fourth-order valence-corrected chi connectivity index (χ4v) is 3.08. The smallest absolute Gasteiger partial charge is 0.191 e. The zero-order valence-corrected chi connectivity index (χ0v) is 13.2. The quantitative estimate of drug-likeness (QED) is 0.589. The molecule has 1 aromatic heterocycles. The highest BCUT2D eigenvalue weighted by molar-refractivity contribution is 7.98. The van der Waals surface area contributed by atoms with E-state index in [2.05, 4.69) is 66.4 Å². The van der Waals surface area contributed by atoms with E-state index in [0.29, 0.717) is 5.92 Å². The molecule has 0 aliphatic rings. The van der Waals surface area contributed by atoms with Crippen molar-refractivity contribution in [2.75, 3.05) is 0 Å². The van der Waals surface area contributed by atoms with Crippen LogP contribution >= 0.6 is 11.8 Å². The molecule has 20 heavy (non-hydrogen) atoms. The van der Waals surface area contributed by atoms with Crippen molar-refractivity contribution in [1.82, 2.24) is 14.8 Å². The summed E-state index contributed by atoms with van der Waals surface area (Å²) in [6.45, 7) is 11.0. The van der Waals surface area contributed by atoms with Gasteiger partial charge in [0.15, 0.2) is 5.16 Å². The van der Waals surface area contributed by atoms with E-state index in [1.54, 1.807) is 11.8 Å². The van der Waals surface area contributed by atoms with Crippen molar-refractivity contribution in [2.45, 2.75) is 44.1 Å². The van der Waals surface area contributed by atoms with Crippen LogP contribution in [0.3, 0.4) is 0 Å². The van der Waals surface area contributed by atoms with Crippen molar-refractivity contribution in [3.63, 3.8) is 0 Å². The molecular formula is C16H21N3S. The molecule has 0 spiro atoms. The highest BCUT2D eigenvalue weighted by atomic mass is 32.2. The van der Waals surface area contributed by atoms with Gasteiger partial charge in [0.2, 0.25) is 0 Å². The Labute approximate surface area is 125 Å². The molecule has 0 N–H and O–H groups in total. The van der Waals surface area contributed by atoms with E-state index in [0.717, 1.165) is 23.3 Å². The maximum Gasteiger partial charge on any atom is 0.191 e. The molecule has 4 heteroatoms. The first-order valence-corrected chi connectivity index (χ1v) is 7.83. The lowest BCUT2D eigenvalue weighted by Gasteiger charge is -2.10. The largest absolute Gasteiger partial charge is 0.302 e. The number of aromatic nitrogens is 3. The van der Waals surface area contributed by atoms with Gasteiger partial charge in [0.05, 0.1) is 0 Å². The molecule has 3 nitrogen and oxygen atoms in total. The summed E-state index contributed by atoms with van der Waals surface area (Å²) >= 11 is 1.73. The van der Waals surface area contributed by atoms with Crippen molar-refractivity contribution >= 4 is 11.8 Å². The maximum absolute atomic E-state index is 4.33. The molecule has 0 aliphatic heterocycles. The number of hydrogen-bond acceptors (Lipinski definition) is 3. The molecule has 0 radical (unpaired) electrons. The summed E-state index contributed by atoms with van der Waals surface area (Å²) in [6.07, 6.45) is 1.90. The molecule has 0 atom stereocenters.